The SMILES string of the molecule is C[C@H](CCCCNC(=O)OC(C)(C)C)N(CCCCCCNC(=O)OC(C)(C)C)S(=O)(=O)c1ccccc1[N+](=O)[O-]. The Hall–Kier alpha value is -2.93. The summed E-state index contributed by atoms with van der Waals surface area (Å²) in [5.74, 6) is 0. The molecule has 0 aromatic heterocycles. The lowest BCUT2D eigenvalue weighted by Crippen LogP contribution is -2.39. The number of benzene rings is 1. The highest BCUT2D eigenvalue weighted by atomic mass is 32.2. The first-order chi connectivity index (χ1) is 18.9. The van der Waals surface area contributed by atoms with Gasteiger partial charge in [0.2, 0.25) is 10.0 Å². The van der Waals surface area contributed by atoms with Gasteiger partial charge in [-0.3, -0.25) is 10.1 Å². The van der Waals surface area contributed by atoms with Gasteiger partial charge in [0, 0.05) is 31.7 Å². The standard InChI is InChI=1S/C28H48N4O8S/c1-22(16-12-14-20-30-26(34)40-28(5,6)7)31(41(37,38)24-18-11-10-17-23(24)32(35)36)21-15-9-8-13-19-29-25(33)39-27(2,3)4/h10-11,17-18,22H,8-9,12-16,19-21H2,1-7H3,(H,29,33)(H,30,34)/t22-/m1/s1. The molecule has 0 aliphatic heterocycles. The van der Waals surface area contributed by atoms with Crippen LogP contribution in [0.3, 0.4) is 0 Å². The first-order valence-electron chi connectivity index (χ1n) is 14.1. The fraction of sp³-hybridized carbons (Fsp3) is 0.714. The van der Waals surface area contributed by atoms with Gasteiger partial charge in [-0.1, -0.05) is 31.4 Å². The molecule has 0 aliphatic carbocycles. The minimum Gasteiger partial charge on any atom is -0.444 e. The maximum atomic E-state index is 13.7. The maximum Gasteiger partial charge on any atom is 0.407 e. The number of ether oxygens (including phenoxy) is 2. The molecule has 0 spiro atoms. The van der Waals surface area contributed by atoms with Gasteiger partial charge in [-0.25, -0.2) is 18.0 Å². The molecular formula is C28H48N4O8S. The number of hydrogen-bond acceptors (Lipinski definition) is 8. The zero-order valence-corrected chi connectivity index (χ0v) is 26.3. The topological polar surface area (TPSA) is 157 Å². The van der Waals surface area contributed by atoms with Crippen LogP contribution in [0.2, 0.25) is 0 Å². The molecule has 0 bridgehead atoms. The lowest BCUT2D eigenvalue weighted by atomic mass is 10.1. The molecule has 1 atom stereocenters. The summed E-state index contributed by atoms with van der Waals surface area (Å²) < 4.78 is 39.1. The number of nitrogens with zero attached hydrogens (tertiary/aromatic N) is 2. The van der Waals surface area contributed by atoms with Crippen molar-refractivity contribution in [2.24, 2.45) is 0 Å². The molecule has 0 aliphatic rings. The summed E-state index contributed by atoms with van der Waals surface area (Å²) in [6.45, 7) is 13.5. The van der Waals surface area contributed by atoms with Crippen molar-refractivity contribution in [3.63, 3.8) is 0 Å². The number of rotatable bonds is 16. The number of nitrogens with one attached hydrogen (secondary N) is 2. The number of alkyl carbamates (subject to hydrolysis) is 2. The highest BCUT2D eigenvalue weighted by Gasteiger charge is 2.33. The number of unbranched alkanes of at least 4 members (excludes halogenated alkanes) is 4. The van der Waals surface area contributed by atoms with E-state index in [4.69, 9.17) is 9.47 Å². The molecule has 1 rings (SSSR count). The third kappa shape index (κ3) is 14.5. The van der Waals surface area contributed by atoms with Crippen molar-refractivity contribution >= 4 is 27.9 Å². The molecule has 0 saturated heterocycles. The summed E-state index contributed by atoms with van der Waals surface area (Å²) in [5.41, 5.74) is -1.63. The minimum atomic E-state index is -4.15. The molecule has 0 radical (unpaired) electrons. The first kappa shape index (κ1) is 36.1. The van der Waals surface area contributed by atoms with E-state index in [0.717, 1.165) is 6.42 Å². The average Bonchev–Trinajstić information content (AvgIpc) is 2.83. The lowest BCUT2D eigenvalue weighted by Gasteiger charge is -2.28. The zero-order chi connectivity index (χ0) is 31.3. The van der Waals surface area contributed by atoms with Gasteiger partial charge < -0.3 is 20.1 Å². The second kappa shape index (κ2) is 16.5. The van der Waals surface area contributed by atoms with Gasteiger partial charge in [-0.2, -0.15) is 4.31 Å². The lowest BCUT2D eigenvalue weighted by molar-refractivity contribution is -0.387. The number of hydrogen-bond donors (Lipinski definition) is 2. The van der Waals surface area contributed by atoms with E-state index in [0.29, 0.717) is 51.6 Å². The van der Waals surface area contributed by atoms with Crippen LogP contribution in [0.4, 0.5) is 15.3 Å². The van der Waals surface area contributed by atoms with Crippen molar-refractivity contribution in [2.75, 3.05) is 19.6 Å². The highest BCUT2D eigenvalue weighted by Crippen LogP contribution is 2.29. The normalized spacial score (nSPS) is 13.0. The molecule has 1 aromatic carbocycles. The summed E-state index contributed by atoms with van der Waals surface area (Å²) in [6, 6.07) is 4.95. The first-order valence-corrected chi connectivity index (χ1v) is 15.6. The van der Waals surface area contributed by atoms with Crippen molar-refractivity contribution in [3.8, 4) is 0 Å². The zero-order valence-electron chi connectivity index (χ0n) is 25.5. The molecule has 0 fully saturated rings. The Morgan fingerprint density at radius 2 is 1.37 bits per heavy atom. The summed E-state index contributed by atoms with van der Waals surface area (Å²) in [7, 11) is -4.15. The van der Waals surface area contributed by atoms with Crippen LogP contribution >= 0.6 is 0 Å². The van der Waals surface area contributed by atoms with Gasteiger partial charge in [0.25, 0.3) is 5.69 Å². The Morgan fingerprint density at radius 1 is 0.878 bits per heavy atom. The molecule has 12 nitrogen and oxygen atoms in total. The van der Waals surface area contributed by atoms with E-state index in [1.165, 1.54) is 28.6 Å². The Bertz CT molecular complexity index is 1100. The Kier molecular flexibility index (Phi) is 14.5. The number of carbonyl (C=O) groups is 2. The smallest absolute Gasteiger partial charge is 0.407 e. The Labute approximate surface area is 244 Å². The van der Waals surface area contributed by atoms with Crippen molar-refractivity contribution in [3.05, 3.63) is 34.4 Å². The van der Waals surface area contributed by atoms with Crippen LogP contribution in [0, 0.1) is 10.1 Å². The van der Waals surface area contributed by atoms with E-state index >= 15 is 0 Å². The summed E-state index contributed by atoms with van der Waals surface area (Å²) in [5, 5.41) is 17.0. The molecular weight excluding hydrogens is 552 g/mol. The summed E-state index contributed by atoms with van der Waals surface area (Å²) >= 11 is 0. The quantitative estimate of drug-likeness (QED) is 0.138. The van der Waals surface area contributed by atoms with Crippen LogP contribution in [-0.2, 0) is 19.5 Å². The van der Waals surface area contributed by atoms with Gasteiger partial charge in [0.15, 0.2) is 4.90 Å². The monoisotopic (exact) mass is 600 g/mol. The minimum absolute atomic E-state index is 0.200. The van der Waals surface area contributed by atoms with E-state index < -0.39 is 50.1 Å². The molecule has 1 aromatic rings. The number of amides is 2. The van der Waals surface area contributed by atoms with Crippen LogP contribution < -0.4 is 10.6 Å². The number of sulfonamides is 1. The van der Waals surface area contributed by atoms with Crippen LogP contribution in [-0.4, -0.2) is 66.7 Å². The second-order valence-electron chi connectivity index (χ2n) is 12.0. The van der Waals surface area contributed by atoms with E-state index in [-0.39, 0.29) is 11.4 Å². The summed E-state index contributed by atoms with van der Waals surface area (Å²) in [4.78, 5) is 34.2. The average molecular weight is 601 g/mol. The third-order valence-electron chi connectivity index (χ3n) is 5.83. The third-order valence-corrected chi connectivity index (χ3v) is 7.89. The van der Waals surface area contributed by atoms with Crippen molar-refractivity contribution in [2.45, 2.75) is 116 Å². The largest absolute Gasteiger partial charge is 0.444 e. The van der Waals surface area contributed by atoms with Crippen molar-refractivity contribution < 1.29 is 32.4 Å². The summed E-state index contributed by atoms with van der Waals surface area (Å²) in [6.07, 6.45) is 3.51. The van der Waals surface area contributed by atoms with Gasteiger partial charge in [0.1, 0.15) is 11.2 Å². The fourth-order valence-electron chi connectivity index (χ4n) is 3.99. The van der Waals surface area contributed by atoms with E-state index in [1.54, 1.807) is 48.5 Å². The Morgan fingerprint density at radius 3 is 1.88 bits per heavy atom. The number of carbonyl (C=O) groups excluding carboxylic acids is 2. The molecule has 2 N–H and O–H groups in total. The molecule has 13 heteroatoms. The fourth-order valence-corrected chi connectivity index (χ4v) is 5.85. The molecule has 2 amide bonds. The molecule has 41 heavy (non-hydrogen) atoms. The number of nitro groups is 1. The molecule has 0 unspecified atom stereocenters. The molecule has 0 saturated carbocycles. The van der Waals surface area contributed by atoms with E-state index in [2.05, 4.69) is 10.6 Å². The van der Waals surface area contributed by atoms with E-state index in [1.807, 2.05) is 0 Å². The predicted octanol–water partition coefficient (Wildman–Crippen LogP) is 5.75. The van der Waals surface area contributed by atoms with Gasteiger partial charge in [0.05, 0.1) is 4.92 Å². The van der Waals surface area contributed by atoms with Crippen LogP contribution in [0.25, 0.3) is 0 Å². The van der Waals surface area contributed by atoms with Crippen LogP contribution in [0.15, 0.2) is 29.2 Å². The predicted molar refractivity (Wildman–Crippen MR) is 157 cm³/mol. The Balaban J connectivity index is 2.76. The second-order valence-corrected chi connectivity index (χ2v) is 13.8. The number of nitro benzene ring substituents is 1. The van der Waals surface area contributed by atoms with Crippen molar-refractivity contribution in [1.82, 2.24) is 14.9 Å². The highest BCUT2D eigenvalue weighted by molar-refractivity contribution is 7.89. The number of para-hydroxylation sites is 1. The maximum absolute atomic E-state index is 13.7. The van der Waals surface area contributed by atoms with Gasteiger partial charge >= 0.3 is 12.2 Å². The van der Waals surface area contributed by atoms with Gasteiger partial charge in [-0.15, -0.1) is 0 Å². The van der Waals surface area contributed by atoms with E-state index in [9.17, 15) is 28.1 Å². The van der Waals surface area contributed by atoms with Crippen molar-refractivity contribution in [1.29, 1.82) is 0 Å². The molecule has 234 valence electrons. The van der Waals surface area contributed by atoms with Crippen LogP contribution in [0.1, 0.15) is 93.4 Å². The van der Waals surface area contributed by atoms with Gasteiger partial charge in [-0.05, 0) is 80.2 Å². The molecule has 0 heterocycles. The van der Waals surface area contributed by atoms with Crippen LogP contribution in [0.5, 0.6) is 0 Å².